The van der Waals surface area contributed by atoms with Crippen LogP contribution in [0.1, 0.15) is 46.0 Å². The Balaban J connectivity index is 1.85. The zero-order valence-corrected chi connectivity index (χ0v) is 11.4. The minimum absolute atomic E-state index is 0.0523. The van der Waals surface area contributed by atoms with Gasteiger partial charge in [-0.25, -0.2) is 0 Å². The van der Waals surface area contributed by atoms with Gasteiger partial charge >= 0.3 is 0 Å². The van der Waals surface area contributed by atoms with E-state index in [-0.39, 0.29) is 17.9 Å². The first-order valence-corrected chi connectivity index (χ1v) is 7.15. The van der Waals surface area contributed by atoms with Crippen molar-refractivity contribution in [2.45, 2.75) is 52.0 Å². The monoisotopic (exact) mass is 252 g/mol. The molecule has 1 saturated heterocycles. The lowest BCUT2D eigenvalue weighted by atomic mass is 10.1. The Morgan fingerprint density at radius 3 is 2.61 bits per heavy atom. The molecule has 1 saturated carbocycles. The molecule has 1 unspecified atom stereocenters. The highest BCUT2D eigenvalue weighted by atomic mass is 16.2. The average Bonchev–Trinajstić information content (AvgIpc) is 2.99. The second-order valence-corrected chi connectivity index (χ2v) is 6.03. The second kappa shape index (κ2) is 5.72. The molecule has 2 rings (SSSR count). The molecule has 2 fully saturated rings. The first kappa shape index (κ1) is 13.4. The number of carbonyl (C=O) groups is 2. The summed E-state index contributed by atoms with van der Waals surface area (Å²) < 4.78 is 0. The number of likely N-dealkylation sites (tertiary alicyclic amines) is 1. The fourth-order valence-electron chi connectivity index (χ4n) is 2.49. The third-order valence-electron chi connectivity index (χ3n) is 3.72. The molecule has 0 radical (unpaired) electrons. The van der Waals surface area contributed by atoms with Crippen LogP contribution in [0.5, 0.6) is 0 Å². The summed E-state index contributed by atoms with van der Waals surface area (Å²) in [6.45, 7) is 5.61. The van der Waals surface area contributed by atoms with Gasteiger partial charge < -0.3 is 10.2 Å². The van der Waals surface area contributed by atoms with Crippen molar-refractivity contribution in [1.29, 1.82) is 0 Å². The van der Waals surface area contributed by atoms with Crippen molar-refractivity contribution >= 4 is 11.8 Å². The van der Waals surface area contributed by atoms with E-state index in [1.54, 1.807) is 4.90 Å². The maximum Gasteiger partial charge on any atom is 0.242 e. The molecule has 0 aromatic carbocycles. The number of nitrogens with one attached hydrogen (secondary N) is 1. The standard InChI is InChI=1S/C14H24N2O2/c1-10(2)8-13(17)16-7-3-4-12(16)14(18)15-9-11-5-6-11/h10-12H,3-9H2,1-2H3,(H,15,18). The van der Waals surface area contributed by atoms with Crippen LogP contribution in [-0.4, -0.2) is 35.8 Å². The van der Waals surface area contributed by atoms with Crippen LogP contribution in [0.15, 0.2) is 0 Å². The molecule has 0 aromatic rings. The van der Waals surface area contributed by atoms with Gasteiger partial charge in [0.25, 0.3) is 0 Å². The number of nitrogens with zero attached hydrogens (tertiary/aromatic N) is 1. The van der Waals surface area contributed by atoms with Gasteiger partial charge in [0.1, 0.15) is 6.04 Å². The van der Waals surface area contributed by atoms with Crippen molar-refractivity contribution in [3.05, 3.63) is 0 Å². The Bertz CT molecular complexity index is 324. The predicted octanol–water partition coefficient (Wildman–Crippen LogP) is 1.55. The number of carbonyl (C=O) groups excluding carboxylic acids is 2. The Kier molecular flexibility index (Phi) is 4.25. The number of hydrogen-bond donors (Lipinski definition) is 1. The van der Waals surface area contributed by atoms with Gasteiger partial charge in [0.2, 0.25) is 11.8 Å². The van der Waals surface area contributed by atoms with Gasteiger partial charge in [-0.1, -0.05) is 13.8 Å². The Hall–Kier alpha value is -1.06. The highest BCUT2D eigenvalue weighted by Gasteiger charge is 2.34. The molecule has 102 valence electrons. The quantitative estimate of drug-likeness (QED) is 0.807. The van der Waals surface area contributed by atoms with Crippen LogP contribution in [0.4, 0.5) is 0 Å². The molecule has 1 aliphatic heterocycles. The molecule has 1 aliphatic carbocycles. The van der Waals surface area contributed by atoms with Crippen LogP contribution in [0, 0.1) is 11.8 Å². The summed E-state index contributed by atoms with van der Waals surface area (Å²) in [5.74, 6) is 1.23. The first-order chi connectivity index (χ1) is 8.58. The van der Waals surface area contributed by atoms with E-state index < -0.39 is 0 Å². The Labute approximate surface area is 109 Å². The van der Waals surface area contributed by atoms with E-state index in [1.807, 2.05) is 13.8 Å². The third-order valence-corrected chi connectivity index (χ3v) is 3.72. The Morgan fingerprint density at radius 2 is 2.00 bits per heavy atom. The van der Waals surface area contributed by atoms with Crippen LogP contribution in [0.3, 0.4) is 0 Å². The van der Waals surface area contributed by atoms with Gasteiger partial charge in [-0.05, 0) is 37.5 Å². The molecule has 2 aliphatic rings. The molecule has 0 aromatic heterocycles. The van der Waals surface area contributed by atoms with E-state index in [1.165, 1.54) is 12.8 Å². The molecule has 4 heteroatoms. The molecule has 4 nitrogen and oxygen atoms in total. The van der Waals surface area contributed by atoms with Crippen LogP contribution in [-0.2, 0) is 9.59 Å². The summed E-state index contributed by atoms with van der Waals surface area (Å²) in [5.41, 5.74) is 0. The highest BCUT2D eigenvalue weighted by Crippen LogP contribution is 2.28. The van der Waals surface area contributed by atoms with Crippen molar-refractivity contribution in [2.75, 3.05) is 13.1 Å². The summed E-state index contributed by atoms with van der Waals surface area (Å²) in [6, 6.07) is -0.213. The molecule has 1 heterocycles. The van der Waals surface area contributed by atoms with Gasteiger partial charge in [-0.2, -0.15) is 0 Å². The lowest BCUT2D eigenvalue weighted by Gasteiger charge is -2.24. The summed E-state index contributed by atoms with van der Waals surface area (Å²) in [7, 11) is 0. The lowest BCUT2D eigenvalue weighted by molar-refractivity contribution is -0.139. The normalized spacial score (nSPS) is 23.5. The van der Waals surface area contributed by atoms with Crippen LogP contribution in [0.25, 0.3) is 0 Å². The van der Waals surface area contributed by atoms with Crippen molar-refractivity contribution in [3.8, 4) is 0 Å². The summed E-state index contributed by atoms with van der Waals surface area (Å²) in [4.78, 5) is 25.9. The number of amides is 2. The SMILES string of the molecule is CC(C)CC(=O)N1CCCC1C(=O)NCC1CC1. The van der Waals surface area contributed by atoms with E-state index in [2.05, 4.69) is 5.32 Å². The van der Waals surface area contributed by atoms with Gasteiger partial charge in [0, 0.05) is 19.5 Å². The summed E-state index contributed by atoms with van der Waals surface area (Å²) in [5, 5.41) is 2.99. The van der Waals surface area contributed by atoms with E-state index >= 15 is 0 Å². The van der Waals surface area contributed by atoms with Gasteiger partial charge in [0.05, 0.1) is 0 Å². The number of hydrogen-bond acceptors (Lipinski definition) is 2. The van der Waals surface area contributed by atoms with Crippen molar-refractivity contribution in [1.82, 2.24) is 10.2 Å². The maximum absolute atomic E-state index is 12.1. The topological polar surface area (TPSA) is 49.4 Å². The summed E-state index contributed by atoms with van der Waals surface area (Å²) >= 11 is 0. The fraction of sp³-hybridized carbons (Fsp3) is 0.857. The van der Waals surface area contributed by atoms with Crippen molar-refractivity contribution < 1.29 is 9.59 Å². The molecule has 1 atom stereocenters. The third kappa shape index (κ3) is 3.47. The molecular weight excluding hydrogens is 228 g/mol. The van der Waals surface area contributed by atoms with Gasteiger partial charge in [-0.15, -0.1) is 0 Å². The van der Waals surface area contributed by atoms with E-state index in [9.17, 15) is 9.59 Å². The van der Waals surface area contributed by atoms with E-state index in [0.29, 0.717) is 18.3 Å². The summed E-state index contributed by atoms with van der Waals surface area (Å²) in [6.07, 6.45) is 4.79. The zero-order valence-electron chi connectivity index (χ0n) is 11.4. The molecule has 2 amide bonds. The maximum atomic E-state index is 12.1. The predicted molar refractivity (Wildman–Crippen MR) is 69.9 cm³/mol. The van der Waals surface area contributed by atoms with Gasteiger partial charge in [0.15, 0.2) is 0 Å². The molecule has 1 N–H and O–H groups in total. The largest absolute Gasteiger partial charge is 0.354 e. The molecule has 18 heavy (non-hydrogen) atoms. The van der Waals surface area contributed by atoms with Crippen molar-refractivity contribution in [3.63, 3.8) is 0 Å². The smallest absolute Gasteiger partial charge is 0.242 e. The minimum Gasteiger partial charge on any atom is -0.354 e. The van der Waals surface area contributed by atoms with E-state index in [4.69, 9.17) is 0 Å². The molecule has 0 bridgehead atoms. The van der Waals surface area contributed by atoms with Crippen LogP contribution in [0.2, 0.25) is 0 Å². The minimum atomic E-state index is -0.213. The Morgan fingerprint density at radius 1 is 1.28 bits per heavy atom. The zero-order chi connectivity index (χ0) is 13.1. The van der Waals surface area contributed by atoms with Gasteiger partial charge in [-0.3, -0.25) is 9.59 Å². The average molecular weight is 252 g/mol. The van der Waals surface area contributed by atoms with Crippen LogP contribution >= 0.6 is 0 Å². The van der Waals surface area contributed by atoms with Crippen LogP contribution < -0.4 is 5.32 Å². The molecule has 0 spiro atoms. The molecular formula is C14H24N2O2. The lowest BCUT2D eigenvalue weighted by Crippen LogP contribution is -2.46. The van der Waals surface area contributed by atoms with Crippen molar-refractivity contribution in [2.24, 2.45) is 11.8 Å². The second-order valence-electron chi connectivity index (χ2n) is 6.03. The first-order valence-electron chi connectivity index (χ1n) is 7.15. The van der Waals surface area contributed by atoms with E-state index in [0.717, 1.165) is 25.9 Å². The highest BCUT2D eigenvalue weighted by molar-refractivity contribution is 5.88. The fourth-order valence-corrected chi connectivity index (χ4v) is 2.49. The number of rotatable bonds is 5.